The van der Waals surface area contributed by atoms with Crippen LogP contribution in [0.1, 0.15) is 149 Å². The lowest BCUT2D eigenvalue weighted by molar-refractivity contribution is -0.870. The zero-order valence-corrected chi connectivity index (χ0v) is 33.9. The standard InChI is InChI=1S/C41H74NO8P/c1-6-8-10-12-14-16-17-18-19-20-21-22-23-24-25-26-28-29-31-33-40(43)47-37-39(38-49-51(45,46)48-36-35-42(3,4)5)50-41(44)34-32-30-27-15-13-11-9-7-2/h14,16,18-19,21-22,24-25,39H,6-13,15,17,20,23,26-38H2,1-5H3/b16-14+,19-18+,22-21+,25-24+/t39-/m0/s1. The van der Waals surface area contributed by atoms with Crippen molar-refractivity contribution in [2.24, 2.45) is 0 Å². The van der Waals surface area contributed by atoms with Gasteiger partial charge in [-0.2, -0.15) is 0 Å². The fourth-order valence-corrected chi connectivity index (χ4v) is 5.66. The van der Waals surface area contributed by atoms with Crippen LogP contribution in [0.25, 0.3) is 0 Å². The first-order valence-electron chi connectivity index (χ1n) is 19.8. The lowest BCUT2D eigenvalue weighted by Crippen LogP contribution is -2.37. The second-order valence-electron chi connectivity index (χ2n) is 14.3. The van der Waals surface area contributed by atoms with Crippen molar-refractivity contribution in [1.82, 2.24) is 0 Å². The Hall–Kier alpha value is -2.03. The smallest absolute Gasteiger partial charge is 0.306 e. The van der Waals surface area contributed by atoms with E-state index in [2.05, 4.69) is 62.5 Å². The van der Waals surface area contributed by atoms with E-state index < -0.39 is 32.5 Å². The van der Waals surface area contributed by atoms with E-state index in [1.807, 2.05) is 21.1 Å². The number of likely N-dealkylation sites (N-methyl/N-ethyl adjacent to an activating group) is 1. The summed E-state index contributed by atoms with van der Waals surface area (Å²) in [5.41, 5.74) is 0. The molecule has 9 nitrogen and oxygen atoms in total. The molecule has 0 amide bonds. The number of nitrogens with zero attached hydrogens (tertiary/aromatic N) is 1. The van der Waals surface area contributed by atoms with Crippen molar-refractivity contribution < 1.29 is 42.1 Å². The van der Waals surface area contributed by atoms with Crippen LogP contribution in [0.2, 0.25) is 0 Å². The van der Waals surface area contributed by atoms with E-state index in [0.717, 1.165) is 57.8 Å². The van der Waals surface area contributed by atoms with Gasteiger partial charge in [0.25, 0.3) is 7.82 Å². The van der Waals surface area contributed by atoms with E-state index in [1.54, 1.807) is 0 Å². The number of carbonyl (C=O) groups is 2. The fourth-order valence-electron chi connectivity index (χ4n) is 4.93. The first kappa shape index (κ1) is 49.0. The molecular formula is C41H74NO8P. The number of ether oxygens (including phenoxy) is 2. The van der Waals surface area contributed by atoms with E-state index in [0.29, 0.717) is 23.9 Å². The molecule has 0 spiro atoms. The van der Waals surface area contributed by atoms with Crippen LogP contribution in [0.3, 0.4) is 0 Å². The predicted molar refractivity (Wildman–Crippen MR) is 208 cm³/mol. The summed E-state index contributed by atoms with van der Waals surface area (Å²) in [7, 11) is 1.14. The lowest BCUT2D eigenvalue weighted by atomic mass is 10.1. The highest BCUT2D eigenvalue weighted by Crippen LogP contribution is 2.38. The predicted octanol–water partition coefficient (Wildman–Crippen LogP) is 10.1. The number of rotatable bonds is 35. The molecule has 0 N–H and O–H groups in total. The molecule has 1 unspecified atom stereocenters. The summed E-state index contributed by atoms with van der Waals surface area (Å²) in [5.74, 6) is -0.879. The van der Waals surface area contributed by atoms with E-state index in [-0.39, 0.29) is 26.1 Å². The SMILES string of the molecule is CCCCC/C=C/C/C=C/C/C=C/C/C=C/CCCCCC(=O)OC[C@@H](COP(=O)([O-])OCC[N+](C)(C)C)OC(=O)CCCCCCCCCC. The minimum absolute atomic E-state index is 0.0371. The molecule has 0 aliphatic carbocycles. The quantitative estimate of drug-likeness (QED) is 0.0208. The van der Waals surface area contributed by atoms with Gasteiger partial charge in [-0.3, -0.25) is 14.2 Å². The number of phosphoric ester groups is 1. The summed E-state index contributed by atoms with van der Waals surface area (Å²) < 4.78 is 33.6. The zero-order valence-electron chi connectivity index (χ0n) is 33.0. The van der Waals surface area contributed by atoms with Crippen LogP contribution in [0, 0.1) is 0 Å². The Kier molecular flexibility index (Phi) is 32.4. The van der Waals surface area contributed by atoms with Crippen LogP contribution in [0.4, 0.5) is 0 Å². The second kappa shape index (κ2) is 33.8. The molecule has 0 aromatic heterocycles. The molecule has 0 aliphatic rings. The number of hydrogen-bond acceptors (Lipinski definition) is 8. The minimum atomic E-state index is -4.62. The normalized spacial score (nSPS) is 14.2. The molecule has 0 fully saturated rings. The molecule has 0 aromatic rings. The van der Waals surface area contributed by atoms with Gasteiger partial charge in [0.2, 0.25) is 0 Å². The Bertz CT molecular complexity index is 1020. The summed E-state index contributed by atoms with van der Waals surface area (Å²) in [6, 6.07) is 0. The van der Waals surface area contributed by atoms with E-state index >= 15 is 0 Å². The number of phosphoric acid groups is 1. The zero-order chi connectivity index (χ0) is 37.9. The molecule has 51 heavy (non-hydrogen) atoms. The first-order chi connectivity index (χ1) is 24.5. The van der Waals surface area contributed by atoms with Crippen molar-refractivity contribution in [3.05, 3.63) is 48.6 Å². The molecule has 0 radical (unpaired) electrons. The Morgan fingerprint density at radius 3 is 1.61 bits per heavy atom. The maximum absolute atomic E-state index is 12.5. The van der Waals surface area contributed by atoms with Crippen LogP contribution in [0.5, 0.6) is 0 Å². The topological polar surface area (TPSA) is 111 Å². The van der Waals surface area contributed by atoms with Gasteiger partial charge in [0.1, 0.15) is 19.8 Å². The van der Waals surface area contributed by atoms with Gasteiger partial charge in [-0.15, -0.1) is 0 Å². The fraction of sp³-hybridized carbons (Fsp3) is 0.756. The maximum atomic E-state index is 12.5. The van der Waals surface area contributed by atoms with Gasteiger partial charge in [-0.05, 0) is 57.8 Å². The average molecular weight is 740 g/mol. The maximum Gasteiger partial charge on any atom is 0.306 e. The Labute approximate surface area is 312 Å². The third-order valence-electron chi connectivity index (χ3n) is 8.10. The Morgan fingerprint density at radius 1 is 0.608 bits per heavy atom. The summed E-state index contributed by atoms with van der Waals surface area (Å²) >= 11 is 0. The summed E-state index contributed by atoms with van der Waals surface area (Å²) in [6.07, 6.45) is 37.2. The molecule has 0 aromatic carbocycles. The summed E-state index contributed by atoms with van der Waals surface area (Å²) in [6.45, 7) is 4.10. The van der Waals surface area contributed by atoms with E-state index in [9.17, 15) is 19.0 Å². The molecule has 0 bridgehead atoms. The monoisotopic (exact) mass is 740 g/mol. The average Bonchev–Trinajstić information content (AvgIpc) is 3.07. The third kappa shape index (κ3) is 37.5. The third-order valence-corrected chi connectivity index (χ3v) is 9.07. The second-order valence-corrected chi connectivity index (χ2v) is 15.7. The van der Waals surface area contributed by atoms with Crippen LogP contribution in [-0.2, 0) is 32.7 Å². The van der Waals surface area contributed by atoms with Gasteiger partial charge in [-0.1, -0.05) is 127 Å². The molecule has 0 aliphatic heterocycles. The van der Waals surface area contributed by atoms with Crippen molar-refractivity contribution in [2.45, 2.75) is 155 Å². The molecule has 0 saturated carbocycles. The van der Waals surface area contributed by atoms with Gasteiger partial charge < -0.3 is 27.9 Å². The highest BCUT2D eigenvalue weighted by atomic mass is 31.2. The van der Waals surface area contributed by atoms with Gasteiger partial charge in [0.05, 0.1) is 27.7 Å². The molecular weight excluding hydrogens is 665 g/mol. The van der Waals surface area contributed by atoms with Crippen LogP contribution >= 0.6 is 7.82 Å². The number of quaternary nitrogens is 1. The highest BCUT2D eigenvalue weighted by Gasteiger charge is 2.21. The van der Waals surface area contributed by atoms with Crippen molar-refractivity contribution in [1.29, 1.82) is 0 Å². The molecule has 0 saturated heterocycles. The molecule has 0 heterocycles. The van der Waals surface area contributed by atoms with Gasteiger partial charge in [0.15, 0.2) is 6.10 Å². The summed E-state index contributed by atoms with van der Waals surface area (Å²) in [5, 5.41) is 0. The van der Waals surface area contributed by atoms with E-state index in [4.69, 9.17) is 18.5 Å². The lowest BCUT2D eigenvalue weighted by Gasteiger charge is -2.28. The molecule has 0 rings (SSSR count). The Morgan fingerprint density at radius 2 is 1.06 bits per heavy atom. The van der Waals surface area contributed by atoms with Crippen molar-refractivity contribution in [3.8, 4) is 0 Å². The highest BCUT2D eigenvalue weighted by molar-refractivity contribution is 7.45. The molecule has 296 valence electrons. The number of esters is 2. The number of carbonyl (C=O) groups excluding carboxylic acids is 2. The van der Waals surface area contributed by atoms with Crippen molar-refractivity contribution >= 4 is 19.8 Å². The Balaban J connectivity index is 4.40. The van der Waals surface area contributed by atoms with Crippen LogP contribution < -0.4 is 4.89 Å². The minimum Gasteiger partial charge on any atom is -0.756 e. The van der Waals surface area contributed by atoms with Crippen LogP contribution in [-0.4, -0.2) is 70.0 Å². The van der Waals surface area contributed by atoms with Crippen molar-refractivity contribution in [2.75, 3.05) is 47.5 Å². The number of allylic oxidation sites excluding steroid dienone is 8. The van der Waals surface area contributed by atoms with Gasteiger partial charge >= 0.3 is 11.9 Å². The van der Waals surface area contributed by atoms with E-state index in [1.165, 1.54) is 51.4 Å². The molecule has 10 heteroatoms. The summed E-state index contributed by atoms with van der Waals surface area (Å²) in [4.78, 5) is 37.2. The largest absolute Gasteiger partial charge is 0.756 e. The number of hydrogen-bond donors (Lipinski definition) is 0. The van der Waals surface area contributed by atoms with Gasteiger partial charge in [-0.25, -0.2) is 0 Å². The van der Waals surface area contributed by atoms with Crippen molar-refractivity contribution in [3.63, 3.8) is 0 Å². The molecule has 2 atom stereocenters. The van der Waals surface area contributed by atoms with Gasteiger partial charge in [0, 0.05) is 12.8 Å². The first-order valence-corrected chi connectivity index (χ1v) is 21.3. The van der Waals surface area contributed by atoms with Crippen LogP contribution in [0.15, 0.2) is 48.6 Å². The number of unbranched alkanes of at least 4 members (excludes halogenated alkanes) is 13.